The van der Waals surface area contributed by atoms with Gasteiger partial charge in [0.25, 0.3) is 0 Å². The van der Waals surface area contributed by atoms with E-state index in [1.54, 1.807) is 30.5 Å². The van der Waals surface area contributed by atoms with E-state index in [1.165, 1.54) is 11.8 Å². The molecule has 0 unspecified atom stereocenters. The molecule has 6 nitrogen and oxygen atoms in total. The number of benzene rings is 2. The van der Waals surface area contributed by atoms with Gasteiger partial charge in [-0.15, -0.1) is 5.10 Å². The van der Waals surface area contributed by atoms with Crippen LogP contribution in [0.5, 0.6) is 0 Å². The Morgan fingerprint density at radius 2 is 1.93 bits per heavy atom. The molecule has 0 aromatic heterocycles. The predicted octanol–water partition coefficient (Wildman–Crippen LogP) is 4.05. The van der Waals surface area contributed by atoms with Gasteiger partial charge in [-0.05, 0) is 42.0 Å². The highest BCUT2D eigenvalue weighted by atomic mass is 79.9. The van der Waals surface area contributed by atoms with Crippen molar-refractivity contribution in [2.24, 2.45) is 10.2 Å². The van der Waals surface area contributed by atoms with Gasteiger partial charge in [0.1, 0.15) is 5.25 Å². The van der Waals surface area contributed by atoms with Crippen molar-refractivity contribution in [1.82, 2.24) is 5.32 Å². The Labute approximate surface area is 173 Å². The summed E-state index contributed by atoms with van der Waals surface area (Å²) in [4.78, 5) is 24.2. The van der Waals surface area contributed by atoms with E-state index >= 15 is 0 Å². The monoisotopic (exact) mass is 464 g/mol. The molecular weight excluding hydrogens is 452 g/mol. The highest BCUT2D eigenvalue weighted by Gasteiger charge is 2.32. The number of halogens is 2. The first-order chi connectivity index (χ1) is 13.0. The van der Waals surface area contributed by atoms with Crippen LogP contribution in [0.4, 0.5) is 5.69 Å². The van der Waals surface area contributed by atoms with E-state index in [4.69, 9.17) is 11.6 Å². The lowest BCUT2D eigenvalue weighted by molar-refractivity contribution is -0.122. The highest BCUT2D eigenvalue weighted by molar-refractivity contribution is 9.10. The van der Waals surface area contributed by atoms with Gasteiger partial charge in [-0.25, -0.2) is 0 Å². The zero-order valence-electron chi connectivity index (χ0n) is 13.9. The second-order valence-electron chi connectivity index (χ2n) is 5.56. The van der Waals surface area contributed by atoms with E-state index in [1.807, 2.05) is 24.3 Å². The summed E-state index contributed by atoms with van der Waals surface area (Å²) in [5.74, 6) is -0.498. The Hall–Kier alpha value is -2.16. The topological polar surface area (TPSA) is 82.9 Å². The number of hydrogen-bond acceptors (Lipinski definition) is 5. The maximum absolute atomic E-state index is 12.1. The van der Waals surface area contributed by atoms with E-state index in [-0.39, 0.29) is 18.2 Å². The van der Waals surface area contributed by atoms with Crippen molar-refractivity contribution in [3.8, 4) is 0 Å². The summed E-state index contributed by atoms with van der Waals surface area (Å²) < 4.78 is 0.922. The average molecular weight is 466 g/mol. The molecule has 0 spiro atoms. The molecule has 138 valence electrons. The molecule has 1 aliphatic rings. The molecule has 2 aromatic carbocycles. The first-order valence-electron chi connectivity index (χ1n) is 7.89. The van der Waals surface area contributed by atoms with Crippen LogP contribution in [0.1, 0.15) is 12.0 Å². The van der Waals surface area contributed by atoms with Crippen LogP contribution in [-0.4, -0.2) is 28.4 Å². The first kappa shape index (κ1) is 19.6. The number of amidine groups is 1. The molecule has 1 atom stereocenters. The van der Waals surface area contributed by atoms with Crippen molar-refractivity contribution >= 4 is 68.2 Å². The Morgan fingerprint density at radius 1 is 1.22 bits per heavy atom. The standard InChI is InChI=1S/C18H14BrClN4O2S/c19-12-3-7-14(8-4-12)22-16(25)9-15-17(26)23-18(27-15)24-21-10-11-1-5-13(20)6-2-11/h1-8,10,15H,9H2,(H,22,25)(H,23,24,26)/b21-10-/t15-/m0/s1. The zero-order chi connectivity index (χ0) is 19.2. The molecule has 1 saturated heterocycles. The van der Waals surface area contributed by atoms with Crippen LogP contribution in [0.15, 0.2) is 63.2 Å². The summed E-state index contributed by atoms with van der Waals surface area (Å²) in [6.45, 7) is 0. The summed E-state index contributed by atoms with van der Waals surface area (Å²) in [5, 5.41) is 13.8. The minimum atomic E-state index is -0.537. The van der Waals surface area contributed by atoms with E-state index in [0.717, 1.165) is 10.0 Å². The van der Waals surface area contributed by atoms with Gasteiger partial charge in [0.05, 0.1) is 6.21 Å². The van der Waals surface area contributed by atoms with Crippen molar-refractivity contribution in [2.75, 3.05) is 5.32 Å². The molecule has 0 aliphatic carbocycles. The lowest BCUT2D eigenvalue weighted by Crippen LogP contribution is -2.28. The van der Waals surface area contributed by atoms with Crippen LogP contribution in [0.2, 0.25) is 5.02 Å². The van der Waals surface area contributed by atoms with Crippen LogP contribution in [0.25, 0.3) is 0 Å². The summed E-state index contributed by atoms with van der Waals surface area (Å²) in [6, 6.07) is 14.3. The van der Waals surface area contributed by atoms with E-state index in [2.05, 4.69) is 36.8 Å². The fourth-order valence-electron chi connectivity index (χ4n) is 2.20. The van der Waals surface area contributed by atoms with E-state index < -0.39 is 5.25 Å². The number of carbonyl (C=O) groups is 2. The fourth-order valence-corrected chi connectivity index (χ4v) is 3.51. The zero-order valence-corrected chi connectivity index (χ0v) is 17.0. The minimum absolute atomic E-state index is 0.0481. The second-order valence-corrected chi connectivity index (χ2v) is 8.10. The third-order valence-electron chi connectivity index (χ3n) is 3.50. The third kappa shape index (κ3) is 5.92. The molecule has 2 aromatic rings. The Morgan fingerprint density at radius 3 is 2.63 bits per heavy atom. The van der Waals surface area contributed by atoms with Crippen molar-refractivity contribution in [1.29, 1.82) is 0 Å². The first-order valence-corrected chi connectivity index (χ1v) is 9.94. The summed E-state index contributed by atoms with van der Waals surface area (Å²) in [6.07, 6.45) is 1.61. The van der Waals surface area contributed by atoms with Crippen molar-refractivity contribution in [3.05, 3.63) is 63.6 Å². The number of amides is 2. The van der Waals surface area contributed by atoms with E-state index in [9.17, 15) is 9.59 Å². The number of thioether (sulfide) groups is 1. The van der Waals surface area contributed by atoms with Crippen LogP contribution in [-0.2, 0) is 9.59 Å². The Kier molecular flexibility index (Phi) is 6.65. The summed E-state index contributed by atoms with van der Waals surface area (Å²) in [7, 11) is 0. The number of anilines is 1. The largest absolute Gasteiger partial charge is 0.326 e. The Bertz CT molecular complexity index is 901. The summed E-state index contributed by atoms with van der Waals surface area (Å²) >= 11 is 10.3. The molecule has 27 heavy (non-hydrogen) atoms. The molecular formula is C18H14BrClN4O2S. The molecule has 3 rings (SSSR count). The van der Waals surface area contributed by atoms with Crippen molar-refractivity contribution in [2.45, 2.75) is 11.7 Å². The molecule has 0 radical (unpaired) electrons. The molecule has 1 aliphatic heterocycles. The summed E-state index contributed by atoms with van der Waals surface area (Å²) in [5.41, 5.74) is 1.51. The molecule has 0 bridgehead atoms. The fraction of sp³-hybridized carbons (Fsp3) is 0.111. The maximum atomic E-state index is 12.1. The van der Waals surface area contributed by atoms with Crippen LogP contribution < -0.4 is 10.6 Å². The quantitative estimate of drug-likeness (QED) is 0.516. The van der Waals surface area contributed by atoms with Crippen molar-refractivity contribution < 1.29 is 9.59 Å². The third-order valence-corrected chi connectivity index (χ3v) is 5.35. The van der Waals surface area contributed by atoms with Gasteiger partial charge >= 0.3 is 0 Å². The normalized spacial score (nSPS) is 18.1. The van der Waals surface area contributed by atoms with Gasteiger partial charge in [0, 0.05) is 21.6 Å². The number of hydrogen-bond donors (Lipinski definition) is 2. The lowest BCUT2D eigenvalue weighted by atomic mass is 10.2. The number of nitrogens with one attached hydrogen (secondary N) is 2. The highest BCUT2D eigenvalue weighted by Crippen LogP contribution is 2.23. The van der Waals surface area contributed by atoms with Gasteiger partial charge in [-0.3, -0.25) is 9.59 Å². The average Bonchev–Trinajstić information content (AvgIpc) is 2.98. The van der Waals surface area contributed by atoms with Crippen LogP contribution in [0, 0.1) is 0 Å². The SMILES string of the molecule is O=C(C[C@@H]1S/C(=N\N=C/c2ccc(Cl)cc2)NC1=O)Nc1ccc(Br)cc1. The predicted molar refractivity (Wildman–Crippen MR) is 113 cm³/mol. The molecule has 2 N–H and O–H groups in total. The number of nitrogens with zero attached hydrogens (tertiary/aromatic N) is 2. The van der Waals surface area contributed by atoms with Gasteiger partial charge in [-0.2, -0.15) is 5.10 Å². The number of rotatable bonds is 5. The van der Waals surface area contributed by atoms with Gasteiger partial charge in [-0.1, -0.05) is 51.4 Å². The molecule has 1 fully saturated rings. The Balaban J connectivity index is 1.54. The molecule has 2 amide bonds. The second kappa shape index (κ2) is 9.16. The van der Waals surface area contributed by atoms with Gasteiger partial charge < -0.3 is 10.6 Å². The van der Waals surface area contributed by atoms with Crippen molar-refractivity contribution in [3.63, 3.8) is 0 Å². The molecule has 1 heterocycles. The van der Waals surface area contributed by atoms with Crippen LogP contribution >= 0.6 is 39.3 Å². The van der Waals surface area contributed by atoms with Gasteiger partial charge in [0.2, 0.25) is 11.8 Å². The van der Waals surface area contributed by atoms with Crippen LogP contribution in [0.3, 0.4) is 0 Å². The molecule has 0 saturated carbocycles. The maximum Gasteiger partial charge on any atom is 0.240 e. The smallest absolute Gasteiger partial charge is 0.240 e. The van der Waals surface area contributed by atoms with Gasteiger partial charge in [0.15, 0.2) is 5.17 Å². The minimum Gasteiger partial charge on any atom is -0.326 e. The van der Waals surface area contributed by atoms with E-state index in [0.29, 0.717) is 15.9 Å². The number of carbonyl (C=O) groups excluding carboxylic acids is 2. The lowest BCUT2D eigenvalue weighted by Gasteiger charge is -2.07. The molecule has 9 heteroatoms.